The van der Waals surface area contributed by atoms with Crippen LogP contribution in [0.25, 0.3) is 33.7 Å². The average Bonchev–Trinajstić information content (AvgIpc) is 3.57. The molecular formula is C29H28FN5O3. The number of methoxy groups -OCH3 is 1. The first-order valence-corrected chi connectivity index (χ1v) is 12.3. The number of rotatable bonds is 7. The van der Waals surface area contributed by atoms with E-state index in [4.69, 9.17) is 9.26 Å². The van der Waals surface area contributed by atoms with Gasteiger partial charge in [-0.1, -0.05) is 44.1 Å². The summed E-state index contributed by atoms with van der Waals surface area (Å²) in [4.78, 5) is 29.2. The Morgan fingerprint density at radius 3 is 2.66 bits per heavy atom. The van der Waals surface area contributed by atoms with Crippen LogP contribution in [-0.2, 0) is 11.8 Å². The molecule has 0 saturated carbocycles. The molecule has 0 unspecified atom stereocenters. The van der Waals surface area contributed by atoms with Crippen molar-refractivity contribution < 1.29 is 18.4 Å². The summed E-state index contributed by atoms with van der Waals surface area (Å²) >= 11 is 0. The Hall–Kier alpha value is -4.40. The number of ketones is 1. The van der Waals surface area contributed by atoms with Gasteiger partial charge in [0.2, 0.25) is 17.5 Å². The molecule has 8 nitrogen and oxygen atoms in total. The lowest BCUT2D eigenvalue weighted by Crippen LogP contribution is -2.12. The minimum Gasteiger partial charge on any atom is -0.497 e. The Morgan fingerprint density at radius 1 is 1.11 bits per heavy atom. The Balaban J connectivity index is 1.41. The van der Waals surface area contributed by atoms with E-state index in [-0.39, 0.29) is 35.7 Å². The number of aromatic amines is 1. The number of hydrogen-bond acceptors (Lipinski definition) is 7. The maximum absolute atomic E-state index is 15.3. The number of aromatic nitrogens is 5. The predicted octanol–water partition coefficient (Wildman–Crippen LogP) is 6.24. The van der Waals surface area contributed by atoms with Crippen molar-refractivity contribution in [2.24, 2.45) is 0 Å². The molecule has 3 aromatic heterocycles. The highest BCUT2D eigenvalue weighted by Gasteiger charge is 2.24. The first-order valence-electron chi connectivity index (χ1n) is 12.3. The largest absolute Gasteiger partial charge is 0.497 e. The fourth-order valence-corrected chi connectivity index (χ4v) is 4.27. The molecule has 3 heterocycles. The van der Waals surface area contributed by atoms with Crippen LogP contribution in [0.1, 0.15) is 54.8 Å². The molecule has 0 radical (unpaired) electrons. The monoisotopic (exact) mass is 513 g/mol. The summed E-state index contributed by atoms with van der Waals surface area (Å²) in [6.45, 7) is 7.69. The molecule has 0 saturated heterocycles. The van der Waals surface area contributed by atoms with Gasteiger partial charge in [-0.25, -0.2) is 14.4 Å². The summed E-state index contributed by atoms with van der Waals surface area (Å²) in [5.74, 6) is 1.10. The molecule has 5 aromatic rings. The first kappa shape index (κ1) is 25.3. The number of imidazole rings is 1. The zero-order valence-electron chi connectivity index (χ0n) is 21.9. The molecule has 0 amide bonds. The van der Waals surface area contributed by atoms with E-state index in [1.165, 1.54) is 6.07 Å². The number of Topliss-reactive ketones (excluding diaryl/α,β-unsaturated/α-hetero) is 1. The molecule has 5 rings (SSSR count). The van der Waals surface area contributed by atoms with Crippen molar-refractivity contribution in [2.75, 3.05) is 7.11 Å². The fraction of sp³-hybridized carbons (Fsp3) is 0.276. The molecule has 38 heavy (non-hydrogen) atoms. The second kappa shape index (κ2) is 9.81. The van der Waals surface area contributed by atoms with Crippen LogP contribution in [0.5, 0.6) is 5.75 Å². The maximum Gasteiger partial charge on any atom is 0.238 e. The smallest absolute Gasteiger partial charge is 0.238 e. The molecule has 0 bridgehead atoms. The number of benzene rings is 2. The van der Waals surface area contributed by atoms with E-state index in [1.54, 1.807) is 19.4 Å². The van der Waals surface area contributed by atoms with Crippen LogP contribution in [0.4, 0.5) is 4.39 Å². The van der Waals surface area contributed by atoms with Crippen molar-refractivity contribution in [1.29, 1.82) is 0 Å². The lowest BCUT2D eigenvalue weighted by atomic mass is 9.95. The number of nitrogens with one attached hydrogen (secondary N) is 1. The Labute approximate surface area is 219 Å². The number of H-pyrrole nitrogens is 1. The van der Waals surface area contributed by atoms with E-state index < -0.39 is 0 Å². The van der Waals surface area contributed by atoms with Crippen LogP contribution in [0.3, 0.4) is 0 Å². The maximum atomic E-state index is 15.3. The SMILES string of the molecule is COc1cccc(-c2nc3nccc(-c4cc(F)c(CCC(=O)c5noc(C(C)(C)C)n5)cc4C)c3[nH]2)c1. The quantitative estimate of drug-likeness (QED) is 0.257. The summed E-state index contributed by atoms with van der Waals surface area (Å²) in [7, 11) is 1.61. The van der Waals surface area contributed by atoms with Crippen molar-refractivity contribution in [3.05, 3.63) is 77.3 Å². The molecule has 0 spiro atoms. The predicted molar refractivity (Wildman–Crippen MR) is 142 cm³/mol. The minimum atomic E-state index is -0.389. The second-order valence-corrected chi connectivity index (χ2v) is 10.2. The van der Waals surface area contributed by atoms with E-state index in [1.807, 2.05) is 58.0 Å². The van der Waals surface area contributed by atoms with E-state index in [2.05, 4.69) is 25.1 Å². The van der Waals surface area contributed by atoms with Gasteiger partial charge in [0.25, 0.3) is 0 Å². The number of halogens is 1. The molecule has 1 N–H and O–H groups in total. The number of ether oxygens (including phenoxy) is 1. The first-order chi connectivity index (χ1) is 18.1. The van der Waals surface area contributed by atoms with Crippen LogP contribution in [0.2, 0.25) is 0 Å². The molecule has 2 aromatic carbocycles. The summed E-state index contributed by atoms with van der Waals surface area (Å²) in [6.07, 6.45) is 1.96. The Bertz CT molecular complexity index is 1650. The van der Waals surface area contributed by atoms with Gasteiger partial charge >= 0.3 is 0 Å². The average molecular weight is 514 g/mol. The third-order valence-electron chi connectivity index (χ3n) is 6.36. The van der Waals surface area contributed by atoms with Gasteiger partial charge in [0.15, 0.2) is 5.65 Å². The van der Waals surface area contributed by atoms with Crippen molar-refractivity contribution in [3.8, 4) is 28.3 Å². The molecule has 0 aliphatic heterocycles. The number of nitrogens with zero attached hydrogens (tertiary/aromatic N) is 4. The van der Waals surface area contributed by atoms with Crippen LogP contribution < -0.4 is 4.74 Å². The van der Waals surface area contributed by atoms with Crippen molar-refractivity contribution >= 4 is 16.9 Å². The summed E-state index contributed by atoms with van der Waals surface area (Å²) in [5.41, 5.74) is 4.57. The lowest BCUT2D eigenvalue weighted by molar-refractivity contribution is 0.0969. The highest BCUT2D eigenvalue weighted by atomic mass is 19.1. The zero-order chi connectivity index (χ0) is 27.0. The van der Waals surface area contributed by atoms with Crippen LogP contribution in [-0.4, -0.2) is 38.0 Å². The highest BCUT2D eigenvalue weighted by molar-refractivity contribution is 5.93. The number of carbonyl (C=O) groups is 1. The molecule has 0 fully saturated rings. The topological polar surface area (TPSA) is 107 Å². The third kappa shape index (κ3) is 4.91. The summed E-state index contributed by atoms with van der Waals surface area (Å²) < 4.78 is 25.8. The molecule has 0 aliphatic rings. The minimum absolute atomic E-state index is 0.0222. The van der Waals surface area contributed by atoms with Crippen molar-refractivity contribution in [2.45, 2.75) is 46.0 Å². The molecule has 194 valence electrons. The van der Waals surface area contributed by atoms with Gasteiger partial charge in [0.1, 0.15) is 17.4 Å². The molecule has 9 heteroatoms. The van der Waals surface area contributed by atoms with Crippen LogP contribution in [0, 0.1) is 12.7 Å². The van der Waals surface area contributed by atoms with E-state index in [0.717, 1.165) is 28.0 Å². The van der Waals surface area contributed by atoms with Crippen LogP contribution in [0.15, 0.2) is 53.2 Å². The Kier molecular flexibility index (Phi) is 6.52. The third-order valence-corrected chi connectivity index (χ3v) is 6.36. The molecule has 0 atom stereocenters. The number of pyridine rings is 1. The van der Waals surface area contributed by atoms with Gasteiger partial charge in [-0.2, -0.15) is 4.98 Å². The van der Waals surface area contributed by atoms with E-state index in [0.29, 0.717) is 28.4 Å². The van der Waals surface area contributed by atoms with Gasteiger partial charge < -0.3 is 14.2 Å². The van der Waals surface area contributed by atoms with Crippen LogP contribution >= 0.6 is 0 Å². The number of fused-ring (bicyclic) bond motifs is 1. The van der Waals surface area contributed by atoms with E-state index >= 15 is 4.39 Å². The number of aryl methyl sites for hydroxylation is 2. The van der Waals surface area contributed by atoms with Crippen molar-refractivity contribution in [3.63, 3.8) is 0 Å². The Morgan fingerprint density at radius 2 is 1.92 bits per heavy atom. The summed E-state index contributed by atoms with van der Waals surface area (Å²) in [5, 5.41) is 3.80. The second-order valence-electron chi connectivity index (χ2n) is 10.2. The lowest BCUT2D eigenvalue weighted by Gasteiger charge is -2.11. The van der Waals surface area contributed by atoms with Gasteiger partial charge in [0.05, 0.1) is 12.6 Å². The summed E-state index contributed by atoms with van der Waals surface area (Å²) in [6, 6.07) is 12.7. The highest BCUT2D eigenvalue weighted by Crippen LogP contribution is 2.33. The van der Waals surface area contributed by atoms with E-state index in [9.17, 15) is 4.79 Å². The van der Waals surface area contributed by atoms with Crippen molar-refractivity contribution in [1.82, 2.24) is 25.1 Å². The standard InChI is InChI=1S/C29H28FN5O3/c1-16-13-17(9-10-23(36)26-34-28(38-35-26)29(2,3)4)22(30)15-21(16)20-11-12-31-27-24(20)32-25(33-27)18-7-6-8-19(14-18)37-5/h6-8,11-15H,9-10H2,1-5H3,(H,31,32,33). The molecule has 0 aliphatic carbocycles. The van der Waals surface area contributed by atoms with Gasteiger partial charge in [-0.3, -0.25) is 4.79 Å². The normalized spacial score (nSPS) is 11.7. The van der Waals surface area contributed by atoms with Gasteiger partial charge in [-0.15, -0.1) is 0 Å². The van der Waals surface area contributed by atoms with Gasteiger partial charge in [0, 0.05) is 29.2 Å². The zero-order valence-corrected chi connectivity index (χ0v) is 21.9. The number of hydrogen-bond donors (Lipinski definition) is 1. The van der Waals surface area contributed by atoms with Gasteiger partial charge in [-0.05, 0) is 54.3 Å². The number of carbonyl (C=O) groups excluding carboxylic acids is 1. The fourth-order valence-electron chi connectivity index (χ4n) is 4.27. The molecular weight excluding hydrogens is 485 g/mol.